The Kier molecular flexibility index (Phi) is 6.45. The van der Waals surface area contributed by atoms with Gasteiger partial charge in [0.2, 0.25) is 5.91 Å². The number of halogens is 2. The van der Waals surface area contributed by atoms with Crippen molar-refractivity contribution < 1.29 is 18.3 Å². The number of nitrogens with zero attached hydrogens (tertiary/aromatic N) is 7. The van der Waals surface area contributed by atoms with Crippen molar-refractivity contribution in [3.63, 3.8) is 0 Å². The minimum absolute atomic E-state index is 0.0400. The number of amides is 1. The summed E-state index contributed by atoms with van der Waals surface area (Å²) in [7, 11) is 0. The number of hydrogen-bond donors (Lipinski definition) is 0. The Morgan fingerprint density at radius 2 is 2.08 bits per heavy atom. The molecule has 1 aliphatic rings. The average Bonchev–Trinajstić information content (AvgIpc) is 3.60. The van der Waals surface area contributed by atoms with Gasteiger partial charge in [0.15, 0.2) is 0 Å². The van der Waals surface area contributed by atoms with E-state index in [1.165, 1.54) is 6.08 Å². The number of fused-ring (bicyclic) bond motifs is 1. The summed E-state index contributed by atoms with van der Waals surface area (Å²) >= 11 is 0. The average molecular weight is 508 g/mol. The number of aromatic nitrogens is 6. The Balaban J connectivity index is 1.53. The van der Waals surface area contributed by atoms with Crippen LogP contribution in [0.4, 0.5) is 8.78 Å². The van der Waals surface area contributed by atoms with Gasteiger partial charge in [-0.2, -0.15) is 8.78 Å². The highest BCUT2D eigenvalue weighted by atomic mass is 19.3. The normalized spacial score (nSPS) is 18.5. The predicted octanol–water partition coefficient (Wildman–Crippen LogP) is 4.88. The number of rotatable bonds is 7. The second kappa shape index (κ2) is 9.72. The van der Waals surface area contributed by atoms with Gasteiger partial charge in [0.25, 0.3) is 0 Å². The van der Waals surface area contributed by atoms with Crippen LogP contribution in [0.25, 0.3) is 22.3 Å². The van der Waals surface area contributed by atoms with Crippen LogP contribution in [0.2, 0.25) is 0 Å². The zero-order valence-electron chi connectivity index (χ0n) is 20.8. The SMILES string of the molecule is C=CC(=O)N1C[C@@H](n2nnc(-c3cc(O[C@H](C)c4ccccn4)c4c(c3)ncn4C(F)F)c2C)CC1C. The van der Waals surface area contributed by atoms with Crippen molar-refractivity contribution in [3.05, 3.63) is 66.9 Å². The van der Waals surface area contributed by atoms with Crippen LogP contribution in [0, 0.1) is 6.92 Å². The summed E-state index contributed by atoms with van der Waals surface area (Å²) in [5.41, 5.74) is 3.23. The van der Waals surface area contributed by atoms with Crippen molar-refractivity contribution in [3.8, 4) is 17.0 Å². The fourth-order valence-electron chi connectivity index (χ4n) is 4.93. The monoisotopic (exact) mass is 507 g/mol. The van der Waals surface area contributed by atoms with E-state index in [4.69, 9.17) is 4.74 Å². The lowest BCUT2D eigenvalue weighted by Gasteiger charge is -2.19. The summed E-state index contributed by atoms with van der Waals surface area (Å²) in [6.07, 6.45) is 4.31. The van der Waals surface area contributed by atoms with Crippen molar-refractivity contribution in [2.45, 2.75) is 51.9 Å². The minimum atomic E-state index is -2.78. The fourth-order valence-corrected chi connectivity index (χ4v) is 4.93. The molecular formula is C26H27F2N7O2. The fraction of sp³-hybridized carbons (Fsp3) is 0.346. The topological polar surface area (TPSA) is 91.0 Å². The summed E-state index contributed by atoms with van der Waals surface area (Å²) in [6, 6.07) is 8.85. The maximum atomic E-state index is 13.8. The Labute approximate surface area is 212 Å². The summed E-state index contributed by atoms with van der Waals surface area (Å²) < 4.78 is 36.3. The molecule has 4 heterocycles. The van der Waals surface area contributed by atoms with Gasteiger partial charge in [0.05, 0.1) is 22.9 Å². The van der Waals surface area contributed by atoms with E-state index in [2.05, 4.69) is 26.9 Å². The molecule has 1 aliphatic heterocycles. The van der Waals surface area contributed by atoms with Crippen LogP contribution in [0.5, 0.6) is 5.75 Å². The quantitative estimate of drug-likeness (QED) is 0.331. The molecule has 1 fully saturated rings. The van der Waals surface area contributed by atoms with Crippen LogP contribution in [-0.4, -0.2) is 52.9 Å². The van der Waals surface area contributed by atoms with Crippen LogP contribution in [0.1, 0.15) is 50.4 Å². The summed E-state index contributed by atoms with van der Waals surface area (Å²) in [5, 5.41) is 8.80. The lowest BCUT2D eigenvalue weighted by Crippen LogP contribution is -2.32. The van der Waals surface area contributed by atoms with Gasteiger partial charge in [-0.3, -0.25) is 14.3 Å². The lowest BCUT2D eigenvalue weighted by atomic mass is 10.1. The van der Waals surface area contributed by atoms with Crippen LogP contribution in [0.3, 0.4) is 0 Å². The molecule has 1 unspecified atom stereocenters. The molecule has 1 saturated heterocycles. The molecule has 11 heteroatoms. The lowest BCUT2D eigenvalue weighted by molar-refractivity contribution is -0.126. The zero-order chi connectivity index (χ0) is 26.3. The van der Waals surface area contributed by atoms with Crippen molar-refractivity contribution in [2.24, 2.45) is 0 Å². The Morgan fingerprint density at radius 1 is 1.27 bits per heavy atom. The number of pyridine rings is 1. The maximum Gasteiger partial charge on any atom is 0.320 e. The molecule has 1 aromatic carbocycles. The molecule has 37 heavy (non-hydrogen) atoms. The van der Waals surface area contributed by atoms with Crippen molar-refractivity contribution >= 4 is 16.9 Å². The second-order valence-electron chi connectivity index (χ2n) is 9.19. The first-order valence-electron chi connectivity index (χ1n) is 12.0. The number of likely N-dealkylation sites (tertiary alicyclic amines) is 1. The molecule has 0 radical (unpaired) electrons. The molecule has 192 valence electrons. The van der Waals surface area contributed by atoms with E-state index in [1.54, 1.807) is 29.3 Å². The molecule has 0 spiro atoms. The third-order valence-electron chi connectivity index (χ3n) is 6.81. The second-order valence-corrected chi connectivity index (χ2v) is 9.19. The van der Waals surface area contributed by atoms with E-state index in [1.807, 2.05) is 37.6 Å². The largest absolute Gasteiger partial charge is 0.482 e. The Morgan fingerprint density at radius 3 is 2.78 bits per heavy atom. The third kappa shape index (κ3) is 4.45. The maximum absolute atomic E-state index is 13.8. The summed E-state index contributed by atoms with van der Waals surface area (Å²) in [4.78, 5) is 22.5. The molecule has 5 rings (SSSR count). The van der Waals surface area contributed by atoms with Crippen LogP contribution >= 0.6 is 0 Å². The van der Waals surface area contributed by atoms with E-state index in [0.29, 0.717) is 29.0 Å². The van der Waals surface area contributed by atoms with E-state index in [9.17, 15) is 13.6 Å². The molecule has 9 nitrogen and oxygen atoms in total. The number of carbonyl (C=O) groups is 1. The van der Waals surface area contributed by atoms with Gasteiger partial charge in [0, 0.05) is 24.3 Å². The number of benzene rings is 1. The Hall–Kier alpha value is -4.15. The van der Waals surface area contributed by atoms with Gasteiger partial charge in [-0.05, 0) is 57.5 Å². The van der Waals surface area contributed by atoms with Gasteiger partial charge in [-0.25, -0.2) is 9.67 Å². The smallest absolute Gasteiger partial charge is 0.320 e. The van der Waals surface area contributed by atoms with Gasteiger partial charge >= 0.3 is 6.55 Å². The molecule has 1 amide bonds. The highest BCUT2D eigenvalue weighted by Crippen LogP contribution is 2.37. The van der Waals surface area contributed by atoms with Crippen LogP contribution < -0.4 is 4.74 Å². The van der Waals surface area contributed by atoms with Gasteiger partial charge in [-0.1, -0.05) is 17.9 Å². The highest BCUT2D eigenvalue weighted by Gasteiger charge is 2.34. The molecule has 0 aliphatic carbocycles. The molecule has 3 aromatic heterocycles. The van der Waals surface area contributed by atoms with E-state index >= 15 is 0 Å². The summed E-state index contributed by atoms with van der Waals surface area (Å²) in [6.45, 7) is 7.01. The first-order valence-corrected chi connectivity index (χ1v) is 12.0. The van der Waals surface area contributed by atoms with Crippen molar-refractivity contribution in [1.29, 1.82) is 0 Å². The van der Waals surface area contributed by atoms with Crippen LogP contribution in [0.15, 0.2) is 55.5 Å². The van der Waals surface area contributed by atoms with Crippen molar-refractivity contribution in [2.75, 3.05) is 6.54 Å². The first kappa shape index (κ1) is 24.5. The molecular weight excluding hydrogens is 480 g/mol. The van der Waals surface area contributed by atoms with Gasteiger partial charge in [-0.15, -0.1) is 5.10 Å². The summed E-state index contributed by atoms with van der Waals surface area (Å²) in [5.74, 6) is 0.131. The predicted molar refractivity (Wildman–Crippen MR) is 133 cm³/mol. The number of hydrogen-bond acceptors (Lipinski definition) is 6. The Bertz CT molecular complexity index is 1450. The standard InChI is InChI=1S/C26H27F2N7O2/c1-5-23(36)33-13-19(10-15(33)2)35-16(3)24(31-32-35)18-11-21-25(34(14-30-21)26(27)28)22(12-18)37-17(4)20-8-6-7-9-29-20/h5-9,11-12,14-15,17,19,26H,1,10,13H2,2-4H3/t15?,17-,19+/m1/s1. The molecule has 3 atom stereocenters. The number of alkyl halides is 2. The highest BCUT2D eigenvalue weighted by molar-refractivity contribution is 5.88. The van der Waals surface area contributed by atoms with E-state index < -0.39 is 12.7 Å². The number of ether oxygens (including phenoxy) is 1. The van der Waals surface area contributed by atoms with Crippen molar-refractivity contribution in [1.82, 2.24) is 34.4 Å². The molecule has 0 saturated carbocycles. The van der Waals surface area contributed by atoms with Gasteiger partial charge in [0.1, 0.15) is 29.4 Å². The zero-order valence-corrected chi connectivity index (χ0v) is 20.8. The third-order valence-corrected chi connectivity index (χ3v) is 6.81. The first-order chi connectivity index (χ1) is 17.8. The van der Waals surface area contributed by atoms with Crippen LogP contribution in [-0.2, 0) is 4.79 Å². The minimum Gasteiger partial charge on any atom is -0.482 e. The molecule has 0 N–H and O–H groups in total. The molecule has 0 bridgehead atoms. The molecule has 4 aromatic rings. The van der Waals surface area contributed by atoms with Gasteiger partial charge < -0.3 is 9.64 Å². The van der Waals surface area contributed by atoms with E-state index in [0.717, 1.165) is 23.0 Å². The van der Waals surface area contributed by atoms with E-state index in [-0.39, 0.29) is 29.3 Å². The number of imidazole rings is 1. The number of carbonyl (C=O) groups excluding carboxylic acids is 1.